The number of ether oxygens (including phenoxy) is 2. The molecule has 2 saturated carbocycles. The molecule has 5 heteroatoms. The molecule has 151 valence electrons. The Morgan fingerprint density at radius 3 is 1.69 bits per heavy atom. The number of halogens is 1. The predicted octanol–water partition coefficient (Wildman–Crippen LogP) is 5.81. The van der Waals surface area contributed by atoms with Crippen molar-refractivity contribution in [2.24, 2.45) is 0 Å². The van der Waals surface area contributed by atoms with Crippen molar-refractivity contribution >= 4 is 24.2 Å². The molecule has 0 N–H and O–H groups in total. The van der Waals surface area contributed by atoms with Gasteiger partial charge in [0.2, 0.25) is 0 Å². The number of rotatable bonds is 8. The summed E-state index contributed by atoms with van der Waals surface area (Å²) >= 11 is 10.7. The summed E-state index contributed by atoms with van der Waals surface area (Å²) in [6.07, 6.45) is 10.8. The van der Waals surface area contributed by atoms with Crippen molar-refractivity contribution in [3.8, 4) is 11.5 Å². The van der Waals surface area contributed by atoms with Crippen LogP contribution in [0.3, 0.4) is 0 Å². The van der Waals surface area contributed by atoms with Crippen molar-refractivity contribution in [2.45, 2.75) is 80.1 Å². The molecule has 26 heavy (non-hydrogen) atoms. The van der Waals surface area contributed by atoms with Crippen LogP contribution >= 0.6 is 18.9 Å². The fourth-order valence-electron chi connectivity index (χ4n) is 5.38. The molecule has 0 spiro atoms. The SMILES string of the molecule is CCOc1cc(OCC)cc([PH]([CH](Cl)[Pd])(C2CCCC2)C2CCCC2)c1. The fraction of sp³-hybridized carbons (Fsp3) is 0.714. The van der Waals surface area contributed by atoms with Crippen LogP contribution in [0.15, 0.2) is 18.2 Å². The standard InChI is InChI=1S/C21H33ClO2P.Pd/c1-3-23-17-13-18(24-4-2)15-21(14-17)25(16-22,19-9-5-6-10-19)20-11-7-8-12-20;/h13-16,19-20,25H,3-12H2,1-2H3;. The molecule has 3 rings (SSSR count). The third kappa shape index (κ3) is 4.12. The Hall–Kier alpha value is 0.202. The minimum atomic E-state index is -1.96. The summed E-state index contributed by atoms with van der Waals surface area (Å²) in [5, 5.41) is 1.46. The second kappa shape index (κ2) is 9.61. The molecule has 1 atom stereocenters. The van der Waals surface area contributed by atoms with Crippen LogP contribution in [0.2, 0.25) is 0 Å². The van der Waals surface area contributed by atoms with E-state index in [-0.39, 0.29) is 3.59 Å². The van der Waals surface area contributed by atoms with Gasteiger partial charge in [-0.3, -0.25) is 0 Å². The summed E-state index contributed by atoms with van der Waals surface area (Å²) in [7, 11) is -1.96. The van der Waals surface area contributed by atoms with Gasteiger partial charge in [0.1, 0.15) is 0 Å². The number of benzene rings is 1. The number of hydrogen-bond acceptors (Lipinski definition) is 2. The Bertz CT molecular complexity index is 543. The van der Waals surface area contributed by atoms with Gasteiger partial charge in [0.05, 0.1) is 0 Å². The van der Waals surface area contributed by atoms with Crippen molar-refractivity contribution in [3.63, 3.8) is 0 Å². The van der Waals surface area contributed by atoms with Gasteiger partial charge in [0, 0.05) is 0 Å². The van der Waals surface area contributed by atoms with Crippen LogP contribution < -0.4 is 14.8 Å². The van der Waals surface area contributed by atoms with Crippen molar-refractivity contribution in [1.29, 1.82) is 0 Å². The Morgan fingerprint density at radius 2 is 1.35 bits per heavy atom. The van der Waals surface area contributed by atoms with E-state index >= 15 is 0 Å². The first-order valence-electron chi connectivity index (χ1n) is 10.3. The second-order valence-electron chi connectivity index (χ2n) is 7.72. The molecule has 0 heterocycles. The fourth-order valence-corrected chi connectivity index (χ4v) is 15.8. The third-order valence-electron chi connectivity index (χ3n) is 6.40. The van der Waals surface area contributed by atoms with E-state index in [9.17, 15) is 0 Å². The van der Waals surface area contributed by atoms with Crippen LogP contribution in [-0.4, -0.2) is 28.1 Å². The van der Waals surface area contributed by atoms with Crippen LogP contribution in [0.25, 0.3) is 0 Å². The Labute approximate surface area is 175 Å². The van der Waals surface area contributed by atoms with Gasteiger partial charge < -0.3 is 0 Å². The summed E-state index contributed by atoms with van der Waals surface area (Å²) in [4.78, 5) is 0. The second-order valence-corrected chi connectivity index (χ2v) is 15.4. The average Bonchev–Trinajstić information content (AvgIpc) is 3.30. The summed E-state index contributed by atoms with van der Waals surface area (Å²) in [5.41, 5.74) is 1.54. The molecule has 1 aromatic carbocycles. The molecule has 1 unspecified atom stereocenters. The van der Waals surface area contributed by atoms with Gasteiger partial charge in [-0.25, -0.2) is 0 Å². The van der Waals surface area contributed by atoms with Crippen LogP contribution in [0, 0.1) is 0 Å². The van der Waals surface area contributed by atoms with Crippen LogP contribution in [-0.2, 0) is 19.2 Å². The van der Waals surface area contributed by atoms with E-state index in [2.05, 4.69) is 31.3 Å². The molecule has 0 aliphatic heterocycles. The first kappa shape index (κ1) is 20.9. The molecular weight excluding hydrogens is 457 g/mol. The molecule has 2 fully saturated rings. The van der Waals surface area contributed by atoms with Gasteiger partial charge in [0.25, 0.3) is 0 Å². The van der Waals surface area contributed by atoms with Gasteiger partial charge in [-0.15, -0.1) is 0 Å². The average molecular weight is 490 g/mol. The third-order valence-corrected chi connectivity index (χ3v) is 15.5. The van der Waals surface area contributed by atoms with Crippen LogP contribution in [0.5, 0.6) is 11.5 Å². The normalized spacial score (nSPS) is 21.1. The zero-order chi connectivity index (χ0) is 18.6. The molecule has 0 aromatic heterocycles. The molecule has 0 bridgehead atoms. The maximum absolute atomic E-state index is 7.07. The molecule has 2 nitrogen and oxygen atoms in total. The summed E-state index contributed by atoms with van der Waals surface area (Å²) in [5.74, 6) is 1.88. The van der Waals surface area contributed by atoms with E-state index in [1.54, 1.807) is 0 Å². The monoisotopic (exact) mass is 489 g/mol. The Kier molecular flexibility index (Phi) is 7.73. The van der Waals surface area contributed by atoms with Crippen molar-refractivity contribution in [2.75, 3.05) is 13.2 Å². The first-order valence-corrected chi connectivity index (χ1v) is 13.8. The number of hydrogen-bond donors (Lipinski definition) is 0. The molecule has 2 aliphatic rings. The van der Waals surface area contributed by atoms with Crippen LogP contribution in [0.4, 0.5) is 0 Å². The molecule has 0 radical (unpaired) electrons. The van der Waals surface area contributed by atoms with Gasteiger partial charge in [-0.1, -0.05) is 0 Å². The summed E-state index contributed by atoms with van der Waals surface area (Å²) in [6, 6.07) is 6.65. The van der Waals surface area contributed by atoms with E-state index in [1.807, 2.05) is 19.9 Å². The molecule has 1 aromatic rings. The van der Waals surface area contributed by atoms with E-state index < -0.39 is 7.26 Å². The quantitative estimate of drug-likeness (QED) is 0.260. The summed E-state index contributed by atoms with van der Waals surface area (Å²) < 4.78 is 11.9. The van der Waals surface area contributed by atoms with E-state index in [1.165, 1.54) is 56.7 Å². The number of alkyl halides is 1. The Balaban J connectivity index is 2.13. The van der Waals surface area contributed by atoms with E-state index in [0.717, 1.165) is 22.8 Å². The predicted molar refractivity (Wildman–Crippen MR) is 111 cm³/mol. The molecular formula is C21H33ClO2PPd. The van der Waals surface area contributed by atoms with Crippen LogP contribution in [0.1, 0.15) is 65.2 Å². The van der Waals surface area contributed by atoms with Crippen molar-refractivity contribution < 1.29 is 28.7 Å². The topological polar surface area (TPSA) is 18.5 Å². The van der Waals surface area contributed by atoms with Gasteiger partial charge in [0.15, 0.2) is 0 Å². The van der Waals surface area contributed by atoms with Crippen molar-refractivity contribution in [3.05, 3.63) is 18.2 Å². The Morgan fingerprint density at radius 1 is 0.923 bits per heavy atom. The van der Waals surface area contributed by atoms with Gasteiger partial charge >= 0.3 is 176 Å². The zero-order valence-corrected chi connectivity index (χ0v) is 19.4. The zero-order valence-electron chi connectivity index (χ0n) is 16.0. The molecule has 0 amide bonds. The first-order chi connectivity index (χ1) is 12.6. The van der Waals surface area contributed by atoms with Crippen molar-refractivity contribution in [1.82, 2.24) is 0 Å². The van der Waals surface area contributed by atoms with E-state index in [0.29, 0.717) is 13.2 Å². The van der Waals surface area contributed by atoms with Gasteiger partial charge in [-0.2, -0.15) is 0 Å². The summed E-state index contributed by atoms with van der Waals surface area (Å²) in [6.45, 7) is 5.44. The molecule has 0 saturated heterocycles. The molecule has 2 aliphatic carbocycles. The van der Waals surface area contributed by atoms with Gasteiger partial charge in [-0.05, 0) is 0 Å². The minimum absolute atomic E-state index is 0.100. The van der Waals surface area contributed by atoms with E-state index in [4.69, 9.17) is 21.1 Å². The maximum atomic E-state index is 7.07.